The molecule has 4 nitrogen and oxygen atoms in total. The van der Waals surface area contributed by atoms with Crippen molar-refractivity contribution in [3.63, 3.8) is 0 Å². The molecule has 18 heavy (non-hydrogen) atoms. The van der Waals surface area contributed by atoms with Crippen LogP contribution in [0.1, 0.15) is 30.6 Å². The summed E-state index contributed by atoms with van der Waals surface area (Å²) >= 11 is 0. The van der Waals surface area contributed by atoms with Crippen molar-refractivity contribution in [3.8, 4) is 5.75 Å². The predicted octanol–water partition coefficient (Wildman–Crippen LogP) is 2.33. The standard InChI is InChI=1S/C14H14O4/c1-9(2)14(17)18-13-7-5-4-6-11(13)12(16)8-10(3)15/h4-7H,1,8H2,2-3H3. The Balaban J connectivity index is 2.99. The van der Waals surface area contributed by atoms with Crippen LogP contribution in [0.2, 0.25) is 0 Å². The number of esters is 1. The van der Waals surface area contributed by atoms with Crippen LogP contribution in [0.3, 0.4) is 0 Å². The topological polar surface area (TPSA) is 60.4 Å². The van der Waals surface area contributed by atoms with Crippen molar-refractivity contribution < 1.29 is 19.1 Å². The van der Waals surface area contributed by atoms with Crippen molar-refractivity contribution in [2.75, 3.05) is 0 Å². The highest BCUT2D eigenvalue weighted by atomic mass is 16.5. The number of rotatable bonds is 5. The molecular formula is C14H14O4. The van der Waals surface area contributed by atoms with Crippen LogP contribution in [0, 0.1) is 0 Å². The van der Waals surface area contributed by atoms with Crippen LogP contribution >= 0.6 is 0 Å². The van der Waals surface area contributed by atoms with Crippen molar-refractivity contribution in [1.29, 1.82) is 0 Å². The molecule has 0 spiro atoms. The molecule has 0 unspecified atom stereocenters. The number of ketones is 2. The summed E-state index contributed by atoms with van der Waals surface area (Å²) < 4.78 is 5.04. The molecule has 1 rings (SSSR count). The van der Waals surface area contributed by atoms with Crippen LogP contribution in [0.5, 0.6) is 5.75 Å². The third-order valence-electron chi connectivity index (χ3n) is 2.15. The quantitative estimate of drug-likeness (QED) is 0.263. The minimum absolute atomic E-state index is 0.150. The van der Waals surface area contributed by atoms with E-state index in [1.54, 1.807) is 12.1 Å². The molecule has 0 bridgehead atoms. The Morgan fingerprint density at radius 2 is 1.78 bits per heavy atom. The second-order valence-corrected chi connectivity index (χ2v) is 3.97. The van der Waals surface area contributed by atoms with E-state index in [2.05, 4.69) is 6.58 Å². The van der Waals surface area contributed by atoms with Gasteiger partial charge in [-0.2, -0.15) is 0 Å². The van der Waals surface area contributed by atoms with Crippen LogP contribution in [0.4, 0.5) is 0 Å². The molecule has 0 saturated carbocycles. The number of hydrogen-bond acceptors (Lipinski definition) is 4. The minimum Gasteiger partial charge on any atom is -0.422 e. The van der Waals surface area contributed by atoms with E-state index < -0.39 is 5.97 Å². The van der Waals surface area contributed by atoms with Crippen LogP contribution in [0.15, 0.2) is 36.4 Å². The van der Waals surface area contributed by atoms with E-state index in [0.29, 0.717) is 0 Å². The molecule has 94 valence electrons. The molecule has 0 amide bonds. The van der Waals surface area contributed by atoms with Crippen LogP contribution < -0.4 is 4.74 Å². The zero-order chi connectivity index (χ0) is 13.7. The van der Waals surface area contributed by atoms with Gasteiger partial charge in [0.25, 0.3) is 0 Å². The molecule has 0 heterocycles. The summed E-state index contributed by atoms with van der Waals surface area (Å²) in [7, 11) is 0. The van der Waals surface area contributed by atoms with Gasteiger partial charge in [-0.15, -0.1) is 0 Å². The van der Waals surface area contributed by atoms with Gasteiger partial charge in [-0.25, -0.2) is 4.79 Å². The molecule has 1 aromatic carbocycles. The highest BCUT2D eigenvalue weighted by molar-refractivity contribution is 6.09. The van der Waals surface area contributed by atoms with E-state index >= 15 is 0 Å². The zero-order valence-electron chi connectivity index (χ0n) is 10.4. The molecule has 0 saturated heterocycles. The third-order valence-corrected chi connectivity index (χ3v) is 2.15. The molecule has 0 aliphatic carbocycles. The van der Waals surface area contributed by atoms with E-state index in [0.717, 1.165) is 0 Å². The van der Waals surface area contributed by atoms with Gasteiger partial charge in [0.2, 0.25) is 0 Å². The number of carbonyl (C=O) groups excluding carboxylic acids is 3. The van der Waals surface area contributed by atoms with E-state index in [4.69, 9.17) is 4.74 Å². The molecule has 0 radical (unpaired) electrons. The molecule has 0 aromatic heterocycles. The number of Topliss-reactive ketones (excluding diaryl/α,β-unsaturated/α-hetero) is 2. The van der Waals surface area contributed by atoms with Gasteiger partial charge in [0, 0.05) is 5.57 Å². The summed E-state index contributed by atoms with van der Waals surface area (Å²) in [6.45, 7) is 6.31. The van der Waals surface area contributed by atoms with Crippen LogP contribution in [-0.2, 0) is 9.59 Å². The Labute approximate surface area is 105 Å². The SMILES string of the molecule is C=C(C)C(=O)Oc1ccccc1C(=O)CC(C)=O. The van der Waals surface area contributed by atoms with Gasteiger partial charge in [0.1, 0.15) is 11.5 Å². The first-order valence-corrected chi connectivity index (χ1v) is 5.41. The number of para-hydroxylation sites is 1. The Hall–Kier alpha value is -2.23. The number of hydrogen-bond donors (Lipinski definition) is 0. The summed E-state index contributed by atoms with van der Waals surface area (Å²) in [4.78, 5) is 34.1. The van der Waals surface area contributed by atoms with Crippen molar-refractivity contribution in [3.05, 3.63) is 42.0 Å². The van der Waals surface area contributed by atoms with Gasteiger partial charge in [-0.05, 0) is 26.0 Å². The maximum absolute atomic E-state index is 11.8. The first-order chi connectivity index (χ1) is 8.41. The molecule has 0 aliphatic heterocycles. The molecule has 0 N–H and O–H groups in total. The molecule has 0 atom stereocenters. The Morgan fingerprint density at radius 3 is 2.33 bits per heavy atom. The Bertz CT molecular complexity index is 514. The average Bonchev–Trinajstić information content (AvgIpc) is 2.28. The van der Waals surface area contributed by atoms with Gasteiger partial charge < -0.3 is 4.74 Å². The minimum atomic E-state index is -0.599. The molecule has 0 aliphatic rings. The second kappa shape index (κ2) is 5.91. The highest BCUT2D eigenvalue weighted by Gasteiger charge is 2.16. The summed E-state index contributed by atoms with van der Waals surface area (Å²) in [5.41, 5.74) is 0.464. The van der Waals surface area contributed by atoms with Crippen molar-refractivity contribution >= 4 is 17.5 Å². The van der Waals surface area contributed by atoms with Crippen LogP contribution in [0.25, 0.3) is 0 Å². The highest BCUT2D eigenvalue weighted by Crippen LogP contribution is 2.20. The summed E-state index contributed by atoms with van der Waals surface area (Å²) in [5.74, 6) is -1.05. The van der Waals surface area contributed by atoms with Crippen LogP contribution in [-0.4, -0.2) is 17.5 Å². The molecule has 4 heteroatoms. The number of ether oxygens (including phenoxy) is 1. The summed E-state index contributed by atoms with van der Waals surface area (Å²) in [6, 6.07) is 6.32. The van der Waals surface area contributed by atoms with Gasteiger partial charge in [-0.3, -0.25) is 9.59 Å². The Morgan fingerprint density at radius 1 is 1.17 bits per heavy atom. The van der Waals surface area contributed by atoms with Crippen molar-refractivity contribution in [1.82, 2.24) is 0 Å². The van der Waals surface area contributed by atoms with E-state index in [1.165, 1.54) is 26.0 Å². The first-order valence-electron chi connectivity index (χ1n) is 5.41. The molecular weight excluding hydrogens is 232 g/mol. The fourth-order valence-electron chi connectivity index (χ4n) is 1.29. The lowest BCUT2D eigenvalue weighted by atomic mass is 10.1. The smallest absolute Gasteiger partial charge is 0.338 e. The predicted molar refractivity (Wildman–Crippen MR) is 66.5 cm³/mol. The van der Waals surface area contributed by atoms with Gasteiger partial charge in [-0.1, -0.05) is 18.7 Å². The van der Waals surface area contributed by atoms with Gasteiger partial charge >= 0.3 is 5.97 Å². The summed E-state index contributed by atoms with van der Waals surface area (Å²) in [6.07, 6.45) is -0.207. The fourth-order valence-corrected chi connectivity index (χ4v) is 1.29. The maximum Gasteiger partial charge on any atom is 0.338 e. The number of carbonyl (C=O) groups is 3. The lowest BCUT2D eigenvalue weighted by Crippen LogP contribution is -2.12. The van der Waals surface area contributed by atoms with Crippen molar-refractivity contribution in [2.45, 2.75) is 20.3 Å². The molecule has 1 aromatic rings. The van der Waals surface area contributed by atoms with Crippen molar-refractivity contribution in [2.24, 2.45) is 0 Å². The maximum atomic E-state index is 11.8. The lowest BCUT2D eigenvalue weighted by Gasteiger charge is -2.08. The fraction of sp³-hybridized carbons (Fsp3) is 0.214. The summed E-state index contributed by atoms with van der Waals surface area (Å²) in [5, 5.41) is 0. The molecule has 0 fully saturated rings. The normalized spacial score (nSPS) is 9.67. The van der Waals surface area contributed by atoms with Gasteiger partial charge in [0.05, 0.1) is 12.0 Å². The lowest BCUT2D eigenvalue weighted by molar-refractivity contribution is -0.130. The van der Waals surface area contributed by atoms with Gasteiger partial charge in [0.15, 0.2) is 5.78 Å². The first kappa shape index (κ1) is 13.8. The second-order valence-electron chi connectivity index (χ2n) is 3.97. The number of benzene rings is 1. The van der Waals surface area contributed by atoms with E-state index in [-0.39, 0.29) is 34.9 Å². The average molecular weight is 246 g/mol. The van der Waals surface area contributed by atoms with E-state index in [9.17, 15) is 14.4 Å². The Kier molecular flexibility index (Phi) is 4.54. The largest absolute Gasteiger partial charge is 0.422 e. The third kappa shape index (κ3) is 3.66. The monoisotopic (exact) mass is 246 g/mol. The van der Waals surface area contributed by atoms with E-state index in [1.807, 2.05) is 0 Å². The zero-order valence-corrected chi connectivity index (χ0v) is 10.4.